The molecule has 1 aliphatic rings. The van der Waals surface area contributed by atoms with Crippen molar-refractivity contribution in [3.63, 3.8) is 0 Å². The quantitative estimate of drug-likeness (QED) is 0.722. The van der Waals surface area contributed by atoms with Gasteiger partial charge in [-0.2, -0.15) is 5.10 Å². The van der Waals surface area contributed by atoms with Gasteiger partial charge in [0.2, 0.25) is 5.89 Å². The molecule has 0 saturated heterocycles. The summed E-state index contributed by atoms with van der Waals surface area (Å²) < 4.78 is 7.10. The minimum Gasteiger partial charge on any atom is -0.443 e. The first-order chi connectivity index (χ1) is 13.2. The number of para-hydroxylation sites is 1. The third kappa shape index (κ3) is 3.72. The average molecular weight is 365 g/mol. The molecule has 0 radical (unpaired) electrons. The molecule has 1 amide bonds. The monoisotopic (exact) mass is 365 g/mol. The van der Waals surface area contributed by atoms with E-state index in [2.05, 4.69) is 15.4 Å². The number of benzene rings is 1. The zero-order valence-electron chi connectivity index (χ0n) is 15.1. The summed E-state index contributed by atoms with van der Waals surface area (Å²) in [6, 6.07) is 9.57. The first kappa shape index (κ1) is 17.3. The van der Waals surface area contributed by atoms with Gasteiger partial charge >= 0.3 is 0 Å². The van der Waals surface area contributed by atoms with Crippen LogP contribution >= 0.6 is 0 Å². The van der Waals surface area contributed by atoms with Crippen LogP contribution in [-0.4, -0.2) is 27.2 Å². The van der Waals surface area contributed by atoms with Gasteiger partial charge < -0.3 is 15.5 Å². The smallest absolute Gasteiger partial charge is 0.273 e. The summed E-state index contributed by atoms with van der Waals surface area (Å²) in [6.45, 7) is 0.690. The van der Waals surface area contributed by atoms with Crippen molar-refractivity contribution in [2.24, 2.45) is 5.92 Å². The third-order valence-electron chi connectivity index (χ3n) is 5.05. The number of aromatic nitrogens is 3. The maximum atomic E-state index is 12.4. The summed E-state index contributed by atoms with van der Waals surface area (Å²) in [5.74, 6) is 1.05. The number of rotatable bonds is 5. The lowest BCUT2D eigenvalue weighted by atomic mass is 9.89. The zero-order valence-corrected chi connectivity index (χ0v) is 15.1. The molecule has 2 heterocycles. The molecule has 0 atom stereocenters. The first-order valence-electron chi connectivity index (χ1n) is 9.35. The van der Waals surface area contributed by atoms with E-state index in [0.717, 1.165) is 5.69 Å². The summed E-state index contributed by atoms with van der Waals surface area (Å²) in [4.78, 5) is 16.7. The molecule has 1 saturated carbocycles. The van der Waals surface area contributed by atoms with E-state index in [0.29, 0.717) is 23.8 Å². The number of nitrogen functional groups attached to an aromatic ring is 1. The van der Waals surface area contributed by atoms with Crippen molar-refractivity contribution >= 4 is 11.7 Å². The van der Waals surface area contributed by atoms with Crippen molar-refractivity contribution < 1.29 is 9.21 Å². The molecule has 7 nitrogen and oxygen atoms in total. The van der Waals surface area contributed by atoms with E-state index < -0.39 is 0 Å². The molecule has 4 rings (SSSR count). The van der Waals surface area contributed by atoms with Crippen LogP contribution in [0, 0.1) is 5.92 Å². The summed E-state index contributed by atoms with van der Waals surface area (Å²) in [7, 11) is 0. The van der Waals surface area contributed by atoms with Crippen LogP contribution in [0.3, 0.4) is 0 Å². The lowest BCUT2D eigenvalue weighted by molar-refractivity contribution is 0.0938. The van der Waals surface area contributed by atoms with E-state index in [4.69, 9.17) is 10.2 Å². The number of oxazole rings is 1. The van der Waals surface area contributed by atoms with Gasteiger partial charge in [-0.15, -0.1) is 0 Å². The number of nitrogens with two attached hydrogens (primary N) is 1. The number of hydrogen-bond acceptors (Lipinski definition) is 5. The molecule has 0 aliphatic heterocycles. The average Bonchev–Trinajstić information content (AvgIpc) is 3.34. The second-order valence-corrected chi connectivity index (χ2v) is 6.94. The minimum atomic E-state index is -0.218. The van der Waals surface area contributed by atoms with E-state index >= 15 is 0 Å². The topological polar surface area (TPSA) is 99.0 Å². The van der Waals surface area contributed by atoms with Gasteiger partial charge in [-0.3, -0.25) is 4.79 Å². The molecule has 0 spiro atoms. The molecule has 27 heavy (non-hydrogen) atoms. The van der Waals surface area contributed by atoms with Gasteiger partial charge in [0.05, 0.1) is 17.4 Å². The molecule has 2 aromatic heterocycles. The highest BCUT2D eigenvalue weighted by atomic mass is 16.3. The van der Waals surface area contributed by atoms with Gasteiger partial charge in [0.1, 0.15) is 12.1 Å². The Morgan fingerprint density at radius 1 is 1.22 bits per heavy atom. The number of carbonyl (C=O) groups excluding carboxylic acids is 1. The predicted octanol–water partition coefficient (Wildman–Crippen LogP) is 3.42. The van der Waals surface area contributed by atoms with Crippen molar-refractivity contribution in [3.8, 4) is 17.1 Å². The molecule has 1 aromatic carbocycles. The predicted molar refractivity (Wildman–Crippen MR) is 102 cm³/mol. The molecule has 0 unspecified atom stereocenters. The van der Waals surface area contributed by atoms with Crippen molar-refractivity contribution in [1.29, 1.82) is 0 Å². The third-order valence-corrected chi connectivity index (χ3v) is 5.05. The fourth-order valence-electron chi connectivity index (χ4n) is 3.52. The molecular formula is C20H23N5O2. The highest BCUT2D eigenvalue weighted by molar-refractivity contribution is 5.92. The van der Waals surface area contributed by atoms with E-state index in [1.807, 2.05) is 30.3 Å². The lowest BCUT2D eigenvalue weighted by Gasteiger charge is -2.21. The molecular weight excluding hydrogens is 342 g/mol. The van der Waals surface area contributed by atoms with Crippen LogP contribution in [0.4, 0.5) is 5.82 Å². The number of amides is 1. The van der Waals surface area contributed by atoms with Gasteiger partial charge in [-0.1, -0.05) is 37.5 Å². The van der Waals surface area contributed by atoms with Gasteiger partial charge in [0.15, 0.2) is 5.69 Å². The number of nitrogens with one attached hydrogen (secondary N) is 1. The summed E-state index contributed by atoms with van der Waals surface area (Å²) >= 11 is 0. The number of carbonyl (C=O) groups is 1. The molecule has 1 aliphatic carbocycles. The first-order valence-corrected chi connectivity index (χ1v) is 9.35. The van der Waals surface area contributed by atoms with Gasteiger partial charge in [-0.05, 0) is 30.9 Å². The lowest BCUT2D eigenvalue weighted by Crippen LogP contribution is -2.30. The Morgan fingerprint density at radius 2 is 2.00 bits per heavy atom. The van der Waals surface area contributed by atoms with Crippen LogP contribution in [0.25, 0.3) is 17.1 Å². The van der Waals surface area contributed by atoms with Crippen molar-refractivity contribution in [2.45, 2.75) is 32.1 Å². The zero-order chi connectivity index (χ0) is 18.6. The maximum absolute atomic E-state index is 12.4. The van der Waals surface area contributed by atoms with Crippen LogP contribution in [0.1, 0.15) is 42.6 Å². The Balaban J connectivity index is 1.46. The summed E-state index contributed by atoms with van der Waals surface area (Å²) in [6.07, 6.45) is 9.12. The van der Waals surface area contributed by atoms with Crippen LogP contribution in [0.5, 0.6) is 0 Å². The molecule has 1 fully saturated rings. The molecule has 3 aromatic rings. The van der Waals surface area contributed by atoms with Gasteiger partial charge in [0.25, 0.3) is 5.91 Å². The fourth-order valence-corrected chi connectivity index (χ4v) is 3.52. The highest BCUT2D eigenvalue weighted by Crippen LogP contribution is 2.27. The van der Waals surface area contributed by atoms with Crippen molar-refractivity contribution in [1.82, 2.24) is 20.1 Å². The molecule has 7 heteroatoms. The standard InChI is InChI=1S/C20H23N5O2/c21-18-16(12-23-25(18)15-9-5-2-6-10-15)20-24-17(13-27-20)19(26)22-11-14-7-3-1-4-8-14/h2,5-6,9-10,12-14H,1,3-4,7-8,11,21H2,(H,22,26). The highest BCUT2D eigenvalue weighted by Gasteiger charge is 2.20. The number of anilines is 1. The van der Waals surface area contributed by atoms with E-state index in [1.165, 1.54) is 38.4 Å². The number of hydrogen-bond donors (Lipinski definition) is 2. The van der Waals surface area contributed by atoms with Crippen LogP contribution in [0.2, 0.25) is 0 Å². The second kappa shape index (κ2) is 7.65. The Morgan fingerprint density at radius 3 is 2.78 bits per heavy atom. The van der Waals surface area contributed by atoms with Gasteiger partial charge in [-0.25, -0.2) is 9.67 Å². The SMILES string of the molecule is Nc1c(-c2nc(C(=O)NCC3CCCCC3)co2)cnn1-c1ccccc1. The van der Waals surface area contributed by atoms with E-state index in [-0.39, 0.29) is 17.5 Å². The van der Waals surface area contributed by atoms with E-state index in [9.17, 15) is 4.79 Å². The Labute approximate surface area is 157 Å². The van der Waals surface area contributed by atoms with Gasteiger partial charge in [0, 0.05) is 6.54 Å². The summed E-state index contributed by atoms with van der Waals surface area (Å²) in [5.41, 5.74) is 7.87. The van der Waals surface area contributed by atoms with Crippen molar-refractivity contribution in [2.75, 3.05) is 12.3 Å². The molecule has 0 bridgehead atoms. The fraction of sp³-hybridized carbons (Fsp3) is 0.350. The Kier molecular flexibility index (Phi) is 4.91. The van der Waals surface area contributed by atoms with Crippen LogP contribution < -0.4 is 11.1 Å². The maximum Gasteiger partial charge on any atom is 0.273 e. The minimum absolute atomic E-state index is 0.218. The largest absolute Gasteiger partial charge is 0.443 e. The Hall–Kier alpha value is -3.09. The molecule has 3 N–H and O–H groups in total. The van der Waals surface area contributed by atoms with E-state index in [1.54, 1.807) is 10.9 Å². The number of nitrogens with zero attached hydrogens (tertiary/aromatic N) is 3. The van der Waals surface area contributed by atoms with Crippen LogP contribution in [0.15, 0.2) is 47.2 Å². The van der Waals surface area contributed by atoms with Crippen molar-refractivity contribution in [3.05, 3.63) is 48.5 Å². The Bertz CT molecular complexity index is 910. The normalized spacial score (nSPS) is 15.0. The summed E-state index contributed by atoms with van der Waals surface area (Å²) in [5, 5.41) is 7.27. The van der Waals surface area contributed by atoms with Crippen LogP contribution in [-0.2, 0) is 0 Å². The second-order valence-electron chi connectivity index (χ2n) is 6.94. The molecule has 140 valence electrons.